The third-order valence-electron chi connectivity index (χ3n) is 5.32. The van der Waals surface area contributed by atoms with Crippen LogP contribution in [0, 0.1) is 17.0 Å². The number of halogens is 6. The number of alkyl halides is 6. The summed E-state index contributed by atoms with van der Waals surface area (Å²) in [7, 11) is 0. The van der Waals surface area contributed by atoms with Gasteiger partial charge in [0.15, 0.2) is 12.2 Å². The summed E-state index contributed by atoms with van der Waals surface area (Å²) in [5.74, 6) is -2.61. The van der Waals surface area contributed by atoms with Gasteiger partial charge in [-0.1, -0.05) is 0 Å². The second kappa shape index (κ2) is 8.75. The van der Waals surface area contributed by atoms with Crippen molar-refractivity contribution in [2.24, 2.45) is 0 Å². The van der Waals surface area contributed by atoms with Crippen molar-refractivity contribution in [3.05, 3.63) is 38.9 Å². The fraction of sp³-hybridized carbons (Fsp3) is 0.526. The van der Waals surface area contributed by atoms with Crippen molar-refractivity contribution in [3.8, 4) is 11.5 Å². The highest BCUT2D eigenvalue weighted by atomic mass is 19.4. The standard InChI is InChI=1S/C19H15F6NO9/c1-7-2-9(34-19(23,24)25)3-8-4-10(16(18(20,21)22)33-13(7)8)17(27)32-11-5-30-15-12(35-26(28)29)6-31-14(11)15/h2-4,11-12,14-16H,5-6H2,1H3/t11-,12+,14+,15+,16-/m0/s1. The van der Waals surface area contributed by atoms with Gasteiger partial charge in [-0.3, -0.25) is 0 Å². The summed E-state index contributed by atoms with van der Waals surface area (Å²) in [6.45, 7) is 0.586. The Morgan fingerprint density at radius 2 is 1.71 bits per heavy atom. The summed E-state index contributed by atoms with van der Waals surface area (Å²) >= 11 is 0. The Balaban J connectivity index is 1.59. The molecule has 2 fully saturated rings. The van der Waals surface area contributed by atoms with E-state index in [1.54, 1.807) is 0 Å². The van der Waals surface area contributed by atoms with Crippen molar-refractivity contribution < 1.29 is 64.7 Å². The number of aryl methyl sites for hydroxylation is 1. The van der Waals surface area contributed by atoms with Gasteiger partial charge in [-0.15, -0.1) is 23.3 Å². The molecule has 35 heavy (non-hydrogen) atoms. The Bertz CT molecular complexity index is 1060. The fourth-order valence-corrected chi connectivity index (χ4v) is 4.00. The number of carbonyl (C=O) groups excluding carboxylic acids is 1. The van der Waals surface area contributed by atoms with Gasteiger partial charge in [-0.05, 0) is 30.7 Å². The Labute approximate surface area is 191 Å². The number of ether oxygens (including phenoxy) is 5. The first-order chi connectivity index (χ1) is 16.2. The van der Waals surface area contributed by atoms with E-state index in [-0.39, 0.29) is 30.1 Å². The van der Waals surface area contributed by atoms with Crippen molar-refractivity contribution >= 4 is 12.0 Å². The van der Waals surface area contributed by atoms with E-state index in [2.05, 4.69) is 9.57 Å². The molecule has 10 nitrogen and oxygen atoms in total. The smallest absolute Gasteiger partial charge is 0.475 e. The summed E-state index contributed by atoms with van der Waals surface area (Å²) in [6.07, 6.45) is -16.6. The third-order valence-corrected chi connectivity index (χ3v) is 5.32. The van der Waals surface area contributed by atoms with Gasteiger partial charge in [0.1, 0.15) is 23.7 Å². The van der Waals surface area contributed by atoms with Crippen LogP contribution in [-0.4, -0.2) is 67.3 Å². The van der Waals surface area contributed by atoms with E-state index in [1.165, 1.54) is 6.92 Å². The number of benzene rings is 1. The molecule has 3 aliphatic rings. The molecule has 0 amide bonds. The summed E-state index contributed by atoms with van der Waals surface area (Å²) in [6, 6.07) is 1.61. The van der Waals surface area contributed by atoms with Crippen LogP contribution in [-0.2, 0) is 23.8 Å². The maximum absolute atomic E-state index is 13.7. The first-order valence-corrected chi connectivity index (χ1v) is 9.83. The van der Waals surface area contributed by atoms with Crippen LogP contribution < -0.4 is 9.47 Å². The largest absolute Gasteiger partial charge is 0.573 e. The normalized spacial score (nSPS) is 27.9. The minimum atomic E-state index is -5.08. The molecule has 0 unspecified atom stereocenters. The van der Waals surface area contributed by atoms with Gasteiger partial charge in [0.25, 0.3) is 5.09 Å². The van der Waals surface area contributed by atoms with Crippen LogP contribution in [0.25, 0.3) is 6.08 Å². The Morgan fingerprint density at radius 3 is 2.31 bits per heavy atom. The zero-order valence-electron chi connectivity index (χ0n) is 17.4. The highest BCUT2D eigenvalue weighted by Gasteiger charge is 2.53. The summed E-state index contributed by atoms with van der Waals surface area (Å²) in [4.78, 5) is 27.7. The maximum Gasteiger partial charge on any atom is 0.573 e. The highest BCUT2D eigenvalue weighted by Crippen LogP contribution is 2.42. The van der Waals surface area contributed by atoms with Gasteiger partial charge in [-0.25, -0.2) is 4.79 Å². The lowest BCUT2D eigenvalue weighted by Gasteiger charge is -2.30. The first-order valence-electron chi connectivity index (χ1n) is 9.83. The van der Waals surface area contributed by atoms with Gasteiger partial charge in [0.05, 0.1) is 18.8 Å². The molecule has 16 heteroatoms. The minimum absolute atomic E-state index is 0.0945. The van der Waals surface area contributed by atoms with Crippen molar-refractivity contribution in [3.63, 3.8) is 0 Å². The zero-order chi connectivity index (χ0) is 25.7. The molecule has 0 radical (unpaired) electrons. The monoisotopic (exact) mass is 515 g/mol. The lowest BCUT2D eigenvalue weighted by atomic mass is 9.98. The van der Waals surface area contributed by atoms with Crippen LogP contribution in [0.1, 0.15) is 11.1 Å². The molecule has 2 saturated heterocycles. The number of hydrogen-bond acceptors (Lipinski definition) is 9. The third kappa shape index (κ3) is 5.22. The fourth-order valence-electron chi connectivity index (χ4n) is 4.00. The summed E-state index contributed by atoms with van der Waals surface area (Å²) in [5, 5.41) is 9.49. The van der Waals surface area contributed by atoms with Crippen LogP contribution in [0.4, 0.5) is 26.3 Å². The van der Waals surface area contributed by atoms with E-state index >= 15 is 0 Å². The number of rotatable bonds is 5. The van der Waals surface area contributed by atoms with E-state index in [9.17, 15) is 41.3 Å². The van der Waals surface area contributed by atoms with E-state index in [0.717, 1.165) is 12.1 Å². The second-order valence-corrected chi connectivity index (χ2v) is 7.75. The lowest BCUT2D eigenvalue weighted by Crippen LogP contribution is -2.43. The molecule has 1 aromatic rings. The van der Waals surface area contributed by atoms with E-state index in [4.69, 9.17) is 18.9 Å². The van der Waals surface area contributed by atoms with E-state index in [0.29, 0.717) is 6.08 Å². The number of carbonyl (C=O) groups is 1. The topological polar surface area (TPSA) is 116 Å². The molecule has 0 saturated carbocycles. The van der Waals surface area contributed by atoms with Crippen LogP contribution >= 0.6 is 0 Å². The van der Waals surface area contributed by atoms with Gasteiger partial charge in [-0.2, -0.15) is 13.2 Å². The maximum atomic E-state index is 13.7. The minimum Gasteiger partial charge on any atom is -0.475 e. The first kappa shape index (κ1) is 24.8. The van der Waals surface area contributed by atoms with E-state index in [1.807, 2.05) is 0 Å². The van der Waals surface area contributed by atoms with Crippen molar-refractivity contribution in [2.75, 3.05) is 13.2 Å². The Morgan fingerprint density at radius 1 is 1.09 bits per heavy atom. The molecule has 0 N–H and O–H groups in total. The Hall–Kier alpha value is -3.27. The molecule has 0 bridgehead atoms. The predicted molar refractivity (Wildman–Crippen MR) is 97.5 cm³/mol. The molecule has 0 aliphatic carbocycles. The van der Waals surface area contributed by atoms with Gasteiger partial charge < -0.3 is 28.5 Å². The zero-order valence-corrected chi connectivity index (χ0v) is 17.4. The van der Waals surface area contributed by atoms with Crippen molar-refractivity contribution in [1.29, 1.82) is 0 Å². The molecule has 5 atom stereocenters. The molecule has 1 aromatic carbocycles. The van der Waals surface area contributed by atoms with Gasteiger partial charge in [0, 0.05) is 5.56 Å². The SMILES string of the molecule is Cc1cc(OC(F)(F)F)cc2c1O[C@H](C(F)(F)F)C(C(=O)O[C@H]1CO[C@H]3[C@@H]1OC[C@H]3O[N+](=O)[O-])=C2. The van der Waals surface area contributed by atoms with Gasteiger partial charge >= 0.3 is 18.5 Å². The molecular weight excluding hydrogens is 500 g/mol. The lowest BCUT2D eigenvalue weighted by molar-refractivity contribution is -0.769. The summed E-state index contributed by atoms with van der Waals surface area (Å²) < 4.78 is 103. The molecule has 4 rings (SSSR count). The quantitative estimate of drug-likeness (QED) is 0.253. The van der Waals surface area contributed by atoms with Crippen molar-refractivity contribution in [2.45, 2.75) is 50.0 Å². The van der Waals surface area contributed by atoms with Crippen molar-refractivity contribution in [1.82, 2.24) is 0 Å². The van der Waals surface area contributed by atoms with Crippen LogP contribution in [0.15, 0.2) is 17.7 Å². The highest BCUT2D eigenvalue weighted by molar-refractivity contribution is 5.96. The molecule has 3 heterocycles. The van der Waals surface area contributed by atoms with Crippen LogP contribution in [0.5, 0.6) is 11.5 Å². The second-order valence-electron chi connectivity index (χ2n) is 7.75. The number of fused-ring (bicyclic) bond motifs is 2. The number of esters is 1. The molecule has 3 aliphatic heterocycles. The number of nitrogens with zero attached hydrogens (tertiary/aromatic N) is 1. The number of hydrogen-bond donors (Lipinski definition) is 0. The van der Waals surface area contributed by atoms with Crippen LogP contribution in [0.2, 0.25) is 0 Å². The summed E-state index contributed by atoms with van der Waals surface area (Å²) in [5.41, 5.74) is -1.40. The average Bonchev–Trinajstić information content (AvgIpc) is 3.28. The molecule has 192 valence electrons. The Kier molecular flexibility index (Phi) is 6.21. The van der Waals surface area contributed by atoms with Gasteiger partial charge in [0.2, 0.25) is 6.10 Å². The van der Waals surface area contributed by atoms with Crippen LogP contribution in [0.3, 0.4) is 0 Å². The van der Waals surface area contributed by atoms with E-state index < -0.39 is 65.4 Å². The average molecular weight is 515 g/mol. The predicted octanol–water partition coefficient (Wildman–Crippen LogP) is 2.89. The molecular formula is C19H15F6NO9. The molecule has 0 aromatic heterocycles. The molecule has 0 spiro atoms.